The Hall–Kier alpha value is -1.54. The standard InChI is InChI=1S/C16H14BrN/c1-12(13-5-3-2-4-6-13)18-10-9-14-11-15(17)7-8-16(14)18/h2-12H,1H3. The SMILES string of the molecule is CC(c1ccccc1)n1ccc2cc(Br)ccc21. The summed E-state index contributed by atoms with van der Waals surface area (Å²) in [5.74, 6) is 0. The number of nitrogens with zero attached hydrogens (tertiary/aromatic N) is 1. The van der Waals surface area contributed by atoms with Crippen molar-refractivity contribution in [1.82, 2.24) is 4.57 Å². The van der Waals surface area contributed by atoms with Crippen molar-refractivity contribution < 1.29 is 0 Å². The Morgan fingerprint density at radius 3 is 2.56 bits per heavy atom. The lowest BCUT2D eigenvalue weighted by Crippen LogP contribution is -2.04. The van der Waals surface area contributed by atoms with Crippen LogP contribution in [0.25, 0.3) is 10.9 Å². The van der Waals surface area contributed by atoms with E-state index in [4.69, 9.17) is 0 Å². The van der Waals surface area contributed by atoms with Crippen LogP contribution < -0.4 is 0 Å². The number of benzene rings is 2. The fourth-order valence-electron chi connectivity index (χ4n) is 2.36. The van der Waals surface area contributed by atoms with Gasteiger partial charge in [-0.2, -0.15) is 0 Å². The van der Waals surface area contributed by atoms with Crippen LogP contribution in [-0.4, -0.2) is 4.57 Å². The molecule has 1 nitrogen and oxygen atoms in total. The van der Waals surface area contributed by atoms with Crippen LogP contribution >= 0.6 is 15.9 Å². The minimum atomic E-state index is 0.352. The van der Waals surface area contributed by atoms with Gasteiger partial charge in [0, 0.05) is 21.6 Å². The van der Waals surface area contributed by atoms with E-state index in [9.17, 15) is 0 Å². The Morgan fingerprint density at radius 1 is 1.00 bits per heavy atom. The Balaban J connectivity index is 2.10. The molecule has 2 heteroatoms. The average Bonchev–Trinajstić information content (AvgIpc) is 2.81. The summed E-state index contributed by atoms with van der Waals surface area (Å²) in [5, 5.41) is 1.27. The van der Waals surface area contributed by atoms with Gasteiger partial charge in [-0.3, -0.25) is 0 Å². The third-order valence-corrected chi connectivity index (χ3v) is 3.87. The van der Waals surface area contributed by atoms with Crippen molar-refractivity contribution in [1.29, 1.82) is 0 Å². The summed E-state index contributed by atoms with van der Waals surface area (Å²) in [6.45, 7) is 2.23. The van der Waals surface area contributed by atoms with Crippen LogP contribution in [0, 0.1) is 0 Å². The fourth-order valence-corrected chi connectivity index (χ4v) is 2.74. The van der Waals surface area contributed by atoms with Gasteiger partial charge in [0.2, 0.25) is 0 Å². The number of hydrogen-bond acceptors (Lipinski definition) is 0. The van der Waals surface area contributed by atoms with Crippen LogP contribution in [-0.2, 0) is 0 Å². The molecule has 0 aliphatic carbocycles. The molecule has 0 amide bonds. The van der Waals surface area contributed by atoms with Crippen LogP contribution in [0.1, 0.15) is 18.5 Å². The maximum atomic E-state index is 3.51. The lowest BCUT2D eigenvalue weighted by Gasteiger charge is -2.15. The molecule has 0 bridgehead atoms. The lowest BCUT2D eigenvalue weighted by molar-refractivity contribution is 0.664. The summed E-state index contributed by atoms with van der Waals surface area (Å²) in [6, 6.07) is 19.5. The number of rotatable bonds is 2. The first-order valence-corrected chi connectivity index (χ1v) is 6.86. The topological polar surface area (TPSA) is 4.93 Å². The molecule has 0 saturated carbocycles. The lowest BCUT2D eigenvalue weighted by atomic mass is 10.1. The zero-order valence-electron chi connectivity index (χ0n) is 10.2. The monoisotopic (exact) mass is 299 g/mol. The molecule has 3 aromatic rings. The second kappa shape index (κ2) is 4.62. The molecule has 0 aliphatic heterocycles. The maximum Gasteiger partial charge on any atom is 0.0557 e. The summed E-state index contributed by atoms with van der Waals surface area (Å²) in [7, 11) is 0. The molecule has 18 heavy (non-hydrogen) atoms. The van der Waals surface area contributed by atoms with E-state index in [1.54, 1.807) is 0 Å². The average molecular weight is 300 g/mol. The molecule has 1 heterocycles. The predicted molar refractivity (Wildman–Crippen MR) is 79.9 cm³/mol. The van der Waals surface area contributed by atoms with E-state index < -0.39 is 0 Å². The number of fused-ring (bicyclic) bond motifs is 1. The Kier molecular flexibility index (Phi) is 2.96. The van der Waals surface area contributed by atoms with E-state index in [1.807, 2.05) is 0 Å². The Labute approximate surface area is 115 Å². The highest BCUT2D eigenvalue weighted by atomic mass is 79.9. The number of halogens is 1. The van der Waals surface area contributed by atoms with Crippen molar-refractivity contribution in [3.8, 4) is 0 Å². The van der Waals surface area contributed by atoms with Crippen molar-refractivity contribution in [2.24, 2.45) is 0 Å². The van der Waals surface area contributed by atoms with Gasteiger partial charge in [0.25, 0.3) is 0 Å². The third kappa shape index (κ3) is 1.97. The molecule has 90 valence electrons. The first kappa shape index (κ1) is 11.5. The van der Waals surface area contributed by atoms with E-state index in [1.165, 1.54) is 16.5 Å². The molecule has 1 unspecified atom stereocenters. The highest BCUT2D eigenvalue weighted by molar-refractivity contribution is 9.10. The Bertz CT molecular complexity index is 670. The van der Waals surface area contributed by atoms with E-state index in [2.05, 4.69) is 88.2 Å². The quantitative estimate of drug-likeness (QED) is 0.626. The first-order chi connectivity index (χ1) is 8.75. The minimum absolute atomic E-state index is 0.352. The van der Waals surface area contributed by atoms with Gasteiger partial charge in [0.1, 0.15) is 0 Å². The number of hydrogen-bond donors (Lipinski definition) is 0. The second-order valence-electron chi connectivity index (χ2n) is 4.51. The van der Waals surface area contributed by atoms with E-state index >= 15 is 0 Å². The molecular weight excluding hydrogens is 286 g/mol. The van der Waals surface area contributed by atoms with Gasteiger partial charge in [-0.05, 0) is 36.8 Å². The molecule has 0 spiro atoms. The summed E-state index contributed by atoms with van der Waals surface area (Å²) >= 11 is 3.51. The van der Waals surface area contributed by atoms with E-state index in [0.717, 1.165) is 4.47 Å². The van der Waals surface area contributed by atoms with Crippen molar-refractivity contribution in [2.45, 2.75) is 13.0 Å². The van der Waals surface area contributed by atoms with Gasteiger partial charge in [0.15, 0.2) is 0 Å². The van der Waals surface area contributed by atoms with Crippen molar-refractivity contribution in [3.05, 3.63) is 70.8 Å². The first-order valence-electron chi connectivity index (χ1n) is 6.07. The largest absolute Gasteiger partial charge is 0.340 e. The molecule has 0 fully saturated rings. The van der Waals surface area contributed by atoms with Gasteiger partial charge >= 0.3 is 0 Å². The summed E-state index contributed by atoms with van der Waals surface area (Å²) in [4.78, 5) is 0. The van der Waals surface area contributed by atoms with E-state index in [0.29, 0.717) is 6.04 Å². The molecule has 1 atom stereocenters. The van der Waals surface area contributed by atoms with Crippen molar-refractivity contribution >= 4 is 26.8 Å². The summed E-state index contributed by atoms with van der Waals surface area (Å²) < 4.78 is 3.44. The van der Waals surface area contributed by atoms with Gasteiger partial charge in [-0.25, -0.2) is 0 Å². The summed E-state index contributed by atoms with van der Waals surface area (Å²) in [6.07, 6.45) is 2.16. The van der Waals surface area contributed by atoms with Gasteiger partial charge in [-0.1, -0.05) is 46.3 Å². The van der Waals surface area contributed by atoms with Crippen molar-refractivity contribution in [2.75, 3.05) is 0 Å². The third-order valence-electron chi connectivity index (χ3n) is 3.38. The zero-order valence-corrected chi connectivity index (χ0v) is 11.8. The second-order valence-corrected chi connectivity index (χ2v) is 5.43. The van der Waals surface area contributed by atoms with Gasteiger partial charge in [-0.15, -0.1) is 0 Å². The molecule has 0 saturated heterocycles. The number of aromatic nitrogens is 1. The predicted octanol–water partition coefficient (Wildman–Crippen LogP) is 5.01. The normalized spacial score (nSPS) is 12.8. The molecule has 1 aromatic heterocycles. The van der Waals surface area contributed by atoms with Crippen LogP contribution in [0.15, 0.2) is 65.3 Å². The van der Waals surface area contributed by atoms with Gasteiger partial charge in [0.05, 0.1) is 6.04 Å². The molecule has 0 aliphatic rings. The highest BCUT2D eigenvalue weighted by Gasteiger charge is 2.09. The van der Waals surface area contributed by atoms with Crippen molar-refractivity contribution in [3.63, 3.8) is 0 Å². The summed E-state index contributed by atoms with van der Waals surface area (Å²) in [5.41, 5.74) is 2.60. The van der Waals surface area contributed by atoms with Crippen LogP contribution in [0.5, 0.6) is 0 Å². The van der Waals surface area contributed by atoms with E-state index in [-0.39, 0.29) is 0 Å². The van der Waals surface area contributed by atoms with Crippen LogP contribution in [0.4, 0.5) is 0 Å². The van der Waals surface area contributed by atoms with Crippen LogP contribution in [0.2, 0.25) is 0 Å². The molecule has 0 radical (unpaired) electrons. The smallest absolute Gasteiger partial charge is 0.0557 e. The molecule has 3 rings (SSSR count). The zero-order chi connectivity index (χ0) is 12.5. The highest BCUT2D eigenvalue weighted by Crippen LogP contribution is 2.26. The van der Waals surface area contributed by atoms with Gasteiger partial charge < -0.3 is 4.57 Å². The Morgan fingerprint density at radius 2 is 1.78 bits per heavy atom. The fraction of sp³-hybridized carbons (Fsp3) is 0.125. The molecule has 2 aromatic carbocycles. The minimum Gasteiger partial charge on any atom is -0.340 e. The molecule has 0 N–H and O–H groups in total. The van der Waals surface area contributed by atoms with Crippen LogP contribution in [0.3, 0.4) is 0 Å². The molecular formula is C16H14BrN. The maximum absolute atomic E-state index is 3.51.